The van der Waals surface area contributed by atoms with E-state index in [0.717, 1.165) is 25.7 Å². The predicted octanol–water partition coefficient (Wildman–Crippen LogP) is 1.56. The molecule has 124 valence electrons. The second-order valence-corrected chi connectivity index (χ2v) is 8.46. The summed E-state index contributed by atoms with van der Waals surface area (Å²) in [4.78, 5) is 16.1. The third-order valence-electron chi connectivity index (χ3n) is 3.93. The van der Waals surface area contributed by atoms with E-state index in [1.807, 2.05) is 13.8 Å². The fourth-order valence-electron chi connectivity index (χ4n) is 2.41. The second kappa shape index (κ2) is 6.76. The van der Waals surface area contributed by atoms with Crippen molar-refractivity contribution in [2.75, 3.05) is 0 Å². The van der Waals surface area contributed by atoms with E-state index < -0.39 is 26.7 Å². The topological polar surface area (TPSA) is 102 Å². The van der Waals surface area contributed by atoms with Gasteiger partial charge in [0.25, 0.3) is 0 Å². The molecule has 1 amide bonds. The third kappa shape index (κ3) is 4.06. The number of carbonyl (C=O) groups is 1. The Labute approximate surface area is 130 Å². The SMILES string of the molecule is CC(C)c1noc(CS(=O)(=O)C(C)C(=O)NC2CCCC2)n1. The zero-order valence-corrected chi connectivity index (χ0v) is 14.0. The van der Waals surface area contributed by atoms with Gasteiger partial charge in [0.2, 0.25) is 11.8 Å². The van der Waals surface area contributed by atoms with Crippen LogP contribution >= 0.6 is 0 Å². The number of hydrogen-bond donors (Lipinski definition) is 1. The summed E-state index contributed by atoms with van der Waals surface area (Å²) < 4.78 is 29.6. The Morgan fingerprint density at radius 3 is 2.50 bits per heavy atom. The van der Waals surface area contributed by atoms with Gasteiger partial charge in [-0.25, -0.2) is 8.42 Å². The van der Waals surface area contributed by atoms with Crippen molar-refractivity contribution in [2.24, 2.45) is 0 Å². The van der Waals surface area contributed by atoms with Gasteiger partial charge in [-0.1, -0.05) is 31.8 Å². The zero-order chi connectivity index (χ0) is 16.3. The van der Waals surface area contributed by atoms with Gasteiger partial charge < -0.3 is 9.84 Å². The lowest BCUT2D eigenvalue weighted by Crippen LogP contribution is -2.42. The monoisotopic (exact) mass is 329 g/mol. The Morgan fingerprint density at radius 2 is 1.95 bits per heavy atom. The molecule has 0 radical (unpaired) electrons. The summed E-state index contributed by atoms with van der Waals surface area (Å²) in [6.07, 6.45) is 3.98. The number of nitrogens with one attached hydrogen (secondary N) is 1. The maximum absolute atomic E-state index is 12.3. The van der Waals surface area contributed by atoms with Crippen molar-refractivity contribution < 1.29 is 17.7 Å². The first-order chi connectivity index (χ1) is 10.3. The van der Waals surface area contributed by atoms with Crippen LogP contribution in [0.25, 0.3) is 0 Å². The average molecular weight is 329 g/mol. The fraction of sp³-hybridized carbons (Fsp3) is 0.786. The maximum Gasteiger partial charge on any atom is 0.241 e. The molecule has 0 spiro atoms. The smallest absolute Gasteiger partial charge is 0.241 e. The Morgan fingerprint density at radius 1 is 1.32 bits per heavy atom. The molecule has 0 bridgehead atoms. The molecule has 1 N–H and O–H groups in total. The minimum absolute atomic E-state index is 0.0317. The van der Waals surface area contributed by atoms with Crippen LogP contribution in [0.5, 0.6) is 0 Å². The highest BCUT2D eigenvalue weighted by Gasteiger charge is 2.32. The van der Waals surface area contributed by atoms with Gasteiger partial charge in [0, 0.05) is 12.0 Å². The van der Waals surface area contributed by atoms with E-state index in [9.17, 15) is 13.2 Å². The van der Waals surface area contributed by atoms with E-state index in [1.54, 1.807) is 0 Å². The van der Waals surface area contributed by atoms with E-state index in [4.69, 9.17) is 4.52 Å². The Balaban J connectivity index is 1.99. The van der Waals surface area contributed by atoms with Crippen molar-refractivity contribution in [2.45, 2.75) is 69.4 Å². The van der Waals surface area contributed by atoms with Gasteiger partial charge in [-0.15, -0.1) is 0 Å². The highest BCUT2D eigenvalue weighted by molar-refractivity contribution is 7.92. The molecule has 1 unspecified atom stereocenters. The van der Waals surface area contributed by atoms with Gasteiger partial charge in [0.05, 0.1) is 0 Å². The van der Waals surface area contributed by atoms with Gasteiger partial charge in [0.1, 0.15) is 11.0 Å². The highest BCUT2D eigenvalue weighted by atomic mass is 32.2. The molecule has 0 aliphatic heterocycles. The van der Waals surface area contributed by atoms with Crippen LogP contribution in [0.4, 0.5) is 0 Å². The number of carbonyl (C=O) groups excluding carboxylic acids is 1. The van der Waals surface area contributed by atoms with Gasteiger partial charge in [-0.3, -0.25) is 4.79 Å². The van der Waals surface area contributed by atoms with Gasteiger partial charge in [0.15, 0.2) is 15.7 Å². The molecule has 1 aliphatic rings. The average Bonchev–Trinajstić information content (AvgIpc) is 3.08. The third-order valence-corrected chi connectivity index (χ3v) is 5.88. The fourth-order valence-corrected chi connectivity index (χ4v) is 3.52. The van der Waals surface area contributed by atoms with Crippen molar-refractivity contribution >= 4 is 15.7 Å². The normalized spacial score (nSPS) is 17.8. The van der Waals surface area contributed by atoms with Gasteiger partial charge >= 0.3 is 0 Å². The van der Waals surface area contributed by atoms with Crippen LogP contribution < -0.4 is 5.32 Å². The lowest BCUT2D eigenvalue weighted by Gasteiger charge is -2.16. The first-order valence-electron chi connectivity index (χ1n) is 7.64. The lowest BCUT2D eigenvalue weighted by atomic mass is 10.2. The second-order valence-electron chi connectivity index (χ2n) is 6.14. The first kappa shape index (κ1) is 16.9. The minimum Gasteiger partial charge on any atom is -0.352 e. The van der Waals surface area contributed by atoms with Crippen LogP contribution in [0.2, 0.25) is 0 Å². The molecule has 22 heavy (non-hydrogen) atoms. The molecular weight excluding hydrogens is 306 g/mol. The largest absolute Gasteiger partial charge is 0.352 e. The quantitative estimate of drug-likeness (QED) is 0.849. The van der Waals surface area contributed by atoms with Crippen molar-refractivity contribution in [3.8, 4) is 0 Å². The molecule has 0 aromatic carbocycles. The van der Waals surface area contributed by atoms with Crippen LogP contribution in [-0.4, -0.2) is 35.8 Å². The number of nitrogens with zero attached hydrogens (tertiary/aromatic N) is 2. The number of sulfone groups is 1. The predicted molar refractivity (Wildman–Crippen MR) is 80.9 cm³/mol. The molecule has 1 heterocycles. The van der Waals surface area contributed by atoms with E-state index in [2.05, 4.69) is 15.5 Å². The molecule has 1 aromatic rings. The Bertz CT molecular complexity index is 618. The summed E-state index contributed by atoms with van der Waals surface area (Å²) in [7, 11) is -3.67. The summed E-state index contributed by atoms with van der Waals surface area (Å²) in [6.45, 7) is 5.18. The van der Waals surface area contributed by atoms with Crippen molar-refractivity contribution in [3.63, 3.8) is 0 Å². The number of hydrogen-bond acceptors (Lipinski definition) is 6. The molecule has 1 fully saturated rings. The summed E-state index contributed by atoms with van der Waals surface area (Å²) in [6, 6.07) is 0.0982. The molecule has 1 atom stereocenters. The van der Waals surface area contributed by atoms with Crippen LogP contribution in [0.1, 0.15) is 64.1 Å². The Hall–Kier alpha value is -1.44. The summed E-state index contributed by atoms with van der Waals surface area (Å²) in [5.41, 5.74) is 0. The number of aromatic nitrogens is 2. The molecule has 1 aliphatic carbocycles. The van der Waals surface area contributed by atoms with Crippen LogP contribution in [0, 0.1) is 0 Å². The van der Waals surface area contributed by atoms with E-state index in [1.165, 1.54) is 6.92 Å². The van der Waals surface area contributed by atoms with Crippen LogP contribution in [0.3, 0.4) is 0 Å². The maximum atomic E-state index is 12.3. The van der Waals surface area contributed by atoms with Crippen molar-refractivity contribution in [1.29, 1.82) is 0 Å². The standard InChI is InChI=1S/C14H23N3O4S/c1-9(2)13-16-12(21-17-13)8-22(19,20)10(3)14(18)15-11-6-4-5-7-11/h9-11H,4-8H2,1-3H3,(H,15,18). The summed E-state index contributed by atoms with van der Waals surface area (Å²) >= 11 is 0. The zero-order valence-electron chi connectivity index (χ0n) is 13.2. The molecule has 1 saturated carbocycles. The molecule has 2 rings (SSSR count). The minimum atomic E-state index is -3.67. The van der Waals surface area contributed by atoms with Gasteiger partial charge in [-0.2, -0.15) is 4.98 Å². The molecule has 8 heteroatoms. The van der Waals surface area contributed by atoms with E-state index in [-0.39, 0.29) is 17.9 Å². The molecule has 0 saturated heterocycles. The first-order valence-corrected chi connectivity index (χ1v) is 9.35. The lowest BCUT2D eigenvalue weighted by molar-refractivity contribution is -0.121. The number of amides is 1. The molecule has 7 nitrogen and oxygen atoms in total. The van der Waals surface area contributed by atoms with E-state index in [0.29, 0.717) is 5.82 Å². The molecular formula is C14H23N3O4S. The summed E-state index contributed by atoms with van der Waals surface area (Å²) in [5, 5.41) is 5.42. The van der Waals surface area contributed by atoms with Crippen LogP contribution in [0.15, 0.2) is 4.52 Å². The van der Waals surface area contributed by atoms with Crippen molar-refractivity contribution in [1.82, 2.24) is 15.5 Å². The van der Waals surface area contributed by atoms with Crippen molar-refractivity contribution in [3.05, 3.63) is 11.7 Å². The highest BCUT2D eigenvalue weighted by Crippen LogP contribution is 2.19. The summed E-state index contributed by atoms with van der Waals surface area (Å²) in [5.74, 6) is -0.303. The molecule has 1 aromatic heterocycles. The van der Waals surface area contributed by atoms with E-state index >= 15 is 0 Å². The number of rotatable bonds is 6. The van der Waals surface area contributed by atoms with Crippen LogP contribution in [-0.2, 0) is 20.4 Å². The Kier molecular flexibility index (Phi) is 5.20. The van der Waals surface area contributed by atoms with Gasteiger partial charge in [-0.05, 0) is 19.8 Å².